The van der Waals surface area contributed by atoms with Gasteiger partial charge in [0.15, 0.2) is 12.8 Å². The molecule has 0 radical (unpaired) electrons. The van der Waals surface area contributed by atoms with Crippen molar-refractivity contribution in [3.8, 4) is 0 Å². The second-order valence-electron chi connectivity index (χ2n) is 6.16. The molecule has 0 bridgehead atoms. The summed E-state index contributed by atoms with van der Waals surface area (Å²) in [6.45, 7) is 1.92. The molecule has 3 aromatic rings. The summed E-state index contributed by atoms with van der Waals surface area (Å²) in [6, 6.07) is 11.7. The minimum atomic E-state index is -0.239. The van der Waals surface area contributed by atoms with Crippen molar-refractivity contribution < 1.29 is 9.37 Å². The van der Waals surface area contributed by atoms with E-state index in [0.717, 1.165) is 12.2 Å². The van der Waals surface area contributed by atoms with Crippen LogP contribution in [0.5, 0.6) is 0 Å². The number of carbonyl (C=O) groups is 1. The van der Waals surface area contributed by atoms with Crippen LogP contribution in [0, 0.1) is 0 Å². The van der Waals surface area contributed by atoms with E-state index in [4.69, 9.17) is 0 Å². The zero-order chi connectivity index (χ0) is 18.1. The molecular formula is C19H18N5O2+. The summed E-state index contributed by atoms with van der Waals surface area (Å²) in [5, 5.41) is 5.13. The highest BCUT2D eigenvalue weighted by Crippen LogP contribution is 2.16. The summed E-state index contributed by atoms with van der Waals surface area (Å²) in [5.41, 5.74) is 1.14. The molecule has 0 aliphatic carbocycles. The number of hydrogen-bond acceptors (Lipinski definition) is 5. The number of nitrogens with zero attached hydrogens (tertiary/aromatic N) is 5. The first-order chi connectivity index (χ1) is 12.6. The second kappa shape index (κ2) is 6.51. The van der Waals surface area contributed by atoms with E-state index in [9.17, 15) is 9.59 Å². The normalized spacial score (nSPS) is 14.3. The number of anilines is 1. The molecular weight excluding hydrogens is 330 g/mol. The number of carbonyl (C=O) groups excluding carboxylic acids is 1. The summed E-state index contributed by atoms with van der Waals surface area (Å²) < 4.78 is 2.87. The molecule has 0 fully saturated rings. The summed E-state index contributed by atoms with van der Waals surface area (Å²) in [7, 11) is 1.55. The van der Waals surface area contributed by atoms with Crippen LogP contribution in [0.4, 0.5) is 5.69 Å². The van der Waals surface area contributed by atoms with Gasteiger partial charge in [-0.3, -0.25) is 9.78 Å². The van der Waals surface area contributed by atoms with Crippen molar-refractivity contribution in [3.63, 3.8) is 0 Å². The van der Waals surface area contributed by atoms with Crippen molar-refractivity contribution in [1.82, 2.24) is 14.8 Å². The van der Waals surface area contributed by atoms with Crippen LogP contribution < -0.4 is 10.5 Å². The van der Waals surface area contributed by atoms with Crippen molar-refractivity contribution in [2.24, 2.45) is 7.05 Å². The van der Waals surface area contributed by atoms with Gasteiger partial charge < -0.3 is 4.90 Å². The molecule has 1 aliphatic heterocycles. The van der Waals surface area contributed by atoms with Gasteiger partial charge in [0.25, 0.3) is 5.56 Å². The highest BCUT2D eigenvalue weighted by molar-refractivity contribution is 6.01. The number of rotatable bonds is 2. The quantitative estimate of drug-likeness (QED) is 0.648. The Bertz CT molecular complexity index is 1070. The van der Waals surface area contributed by atoms with Crippen molar-refractivity contribution >= 4 is 28.6 Å². The maximum atomic E-state index is 13.0. The maximum absolute atomic E-state index is 13.0. The first-order valence-electron chi connectivity index (χ1n) is 8.40. The predicted octanol–water partition coefficient (Wildman–Crippen LogP) is 1.07. The minimum absolute atomic E-state index is 0.216. The zero-order valence-corrected chi connectivity index (χ0v) is 14.4. The van der Waals surface area contributed by atoms with Crippen LogP contribution in [0.1, 0.15) is 10.5 Å². The molecule has 1 aliphatic rings. The van der Waals surface area contributed by atoms with Crippen LogP contribution in [0.2, 0.25) is 0 Å². The first-order valence-corrected chi connectivity index (χ1v) is 8.40. The number of fused-ring (bicyclic) bond motifs is 1. The Kier molecular flexibility index (Phi) is 4.04. The summed E-state index contributed by atoms with van der Waals surface area (Å²) in [5.74, 6) is -0.216. The molecule has 130 valence electrons. The highest BCUT2D eigenvalue weighted by atomic mass is 16.2. The number of para-hydroxylation sites is 1. The molecule has 3 heterocycles. The Morgan fingerprint density at radius 1 is 1.15 bits per heavy atom. The molecule has 0 saturated heterocycles. The molecule has 0 atom stereocenters. The van der Waals surface area contributed by atoms with Gasteiger partial charge in [0.05, 0.1) is 18.5 Å². The van der Waals surface area contributed by atoms with Gasteiger partial charge in [-0.05, 0) is 18.2 Å². The largest absolute Gasteiger partial charge is 0.440 e. The van der Waals surface area contributed by atoms with Gasteiger partial charge in [0, 0.05) is 30.5 Å². The fourth-order valence-electron chi connectivity index (χ4n) is 3.15. The Labute approximate surface area is 149 Å². The highest BCUT2D eigenvalue weighted by Gasteiger charge is 2.29. The van der Waals surface area contributed by atoms with Crippen molar-refractivity contribution in [2.75, 3.05) is 24.5 Å². The molecule has 7 heteroatoms. The van der Waals surface area contributed by atoms with Gasteiger partial charge in [-0.15, -0.1) is 0 Å². The molecule has 0 N–H and O–H groups in total. The first kappa shape index (κ1) is 16.1. The fourth-order valence-corrected chi connectivity index (χ4v) is 3.15. The van der Waals surface area contributed by atoms with E-state index in [1.807, 2.05) is 24.4 Å². The average molecular weight is 348 g/mol. The minimum Gasteiger partial charge on any atom is -0.355 e. The Hall–Kier alpha value is -3.35. The molecule has 2 aromatic heterocycles. The molecule has 7 nitrogen and oxygen atoms in total. The second-order valence-corrected chi connectivity index (χ2v) is 6.16. The molecule has 0 spiro atoms. The van der Waals surface area contributed by atoms with Gasteiger partial charge >= 0.3 is 5.91 Å². The third-order valence-electron chi connectivity index (χ3n) is 4.57. The van der Waals surface area contributed by atoms with E-state index in [-0.39, 0.29) is 17.2 Å². The SMILES string of the molecule is Cn1nc(C(=O)[N+]2=CCN(c3ccccc3)CC2)c2cnccc2c1=O. The van der Waals surface area contributed by atoms with Crippen LogP contribution >= 0.6 is 0 Å². The van der Waals surface area contributed by atoms with Gasteiger partial charge in [0.2, 0.25) is 5.69 Å². The Balaban J connectivity index is 1.67. The Morgan fingerprint density at radius 2 is 1.96 bits per heavy atom. The predicted molar refractivity (Wildman–Crippen MR) is 99.0 cm³/mol. The topological polar surface area (TPSA) is 71.1 Å². The van der Waals surface area contributed by atoms with E-state index in [2.05, 4.69) is 27.1 Å². The number of benzene rings is 1. The smallest absolute Gasteiger partial charge is 0.355 e. The summed E-state index contributed by atoms with van der Waals surface area (Å²) in [4.78, 5) is 31.5. The number of hydrogen-bond donors (Lipinski definition) is 0. The molecule has 1 aromatic carbocycles. The third kappa shape index (κ3) is 2.77. The molecule has 0 saturated carbocycles. The van der Waals surface area contributed by atoms with Gasteiger partial charge in [0.1, 0.15) is 0 Å². The summed E-state index contributed by atoms with van der Waals surface area (Å²) >= 11 is 0. The van der Waals surface area contributed by atoms with Crippen LogP contribution in [-0.4, -0.2) is 51.1 Å². The van der Waals surface area contributed by atoms with Crippen molar-refractivity contribution in [2.45, 2.75) is 0 Å². The van der Waals surface area contributed by atoms with Crippen molar-refractivity contribution in [1.29, 1.82) is 0 Å². The van der Waals surface area contributed by atoms with E-state index in [1.165, 1.54) is 10.9 Å². The lowest BCUT2D eigenvalue weighted by molar-refractivity contribution is -0.425. The number of amides is 1. The molecule has 1 amide bonds. The number of pyridine rings is 1. The maximum Gasteiger partial charge on any atom is 0.440 e. The Morgan fingerprint density at radius 3 is 2.69 bits per heavy atom. The fraction of sp³-hybridized carbons (Fsp3) is 0.211. The molecule has 26 heavy (non-hydrogen) atoms. The third-order valence-corrected chi connectivity index (χ3v) is 4.57. The lowest BCUT2D eigenvalue weighted by atomic mass is 10.1. The average Bonchev–Trinajstić information content (AvgIpc) is 2.71. The van der Waals surface area contributed by atoms with Crippen molar-refractivity contribution in [3.05, 3.63) is 64.8 Å². The van der Waals surface area contributed by atoms with Crippen LogP contribution in [0.25, 0.3) is 10.8 Å². The van der Waals surface area contributed by atoms with E-state index in [1.54, 1.807) is 23.9 Å². The monoisotopic (exact) mass is 348 g/mol. The number of aryl methyl sites for hydroxylation is 1. The molecule has 0 unspecified atom stereocenters. The van der Waals surface area contributed by atoms with Crippen LogP contribution in [0.3, 0.4) is 0 Å². The zero-order valence-electron chi connectivity index (χ0n) is 14.4. The lowest BCUT2D eigenvalue weighted by Crippen LogP contribution is -2.42. The number of aromatic nitrogens is 3. The van der Waals surface area contributed by atoms with E-state index < -0.39 is 0 Å². The van der Waals surface area contributed by atoms with Gasteiger partial charge in [-0.25, -0.2) is 9.48 Å². The molecule has 4 rings (SSSR count). The van der Waals surface area contributed by atoms with Crippen LogP contribution in [0.15, 0.2) is 53.6 Å². The van der Waals surface area contributed by atoms with Gasteiger partial charge in [-0.1, -0.05) is 18.2 Å². The van der Waals surface area contributed by atoms with Crippen LogP contribution in [-0.2, 0) is 7.05 Å². The van der Waals surface area contributed by atoms with Gasteiger partial charge in [-0.2, -0.15) is 9.67 Å². The van der Waals surface area contributed by atoms with E-state index in [0.29, 0.717) is 23.9 Å². The lowest BCUT2D eigenvalue weighted by Gasteiger charge is -2.24. The summed E-state index contributed by atoms with van der Waals surface area (Å²) in [6.07, 6.45) is 4.94. The standard InChI is InChI=1S/C19H18N5O2/c1-22-18(25)15-7-8-20-13-16(15)17(21-22)19(26)24-11-9-23(10-12-24)14-5-3-2-4-6-14/h2-8,11,13H,9-10,12H2,1H3/q+1. The van der Waals surface area contributed by atoms with E-state index >= 15 is 0 Å².